The van der Waals surface area contributed by atoms with E-state index >= 15 is 0 Å². The second-order valence-electron chi connectivity index (χ2n) is 8.30. The van der Waals surface area contributed by atoms with Gasteiger partial charge < -0.3 is 9.80 Å². The minimum Gasteiger partial charge on any atom is -0.342 e. The molecule has 2 saturated heterocycles. The van der Waals surface area contributed by atoms with E-state index in [-0.39, 0.29) is 17.7 Å². The van der Waals surface area contributed by atoms with E-state index in [1.165, 1.54) is 17.8 Å². The number of carbonyl (C=O) groups is 2. The summed E-state index contributed by atoms with van der Waals surface area (Å²) in [5.74, 6) is 0.717. The molecule has 0 radical (unpaired) electrons. The highest BCUT2D eigenvalue weighted by Gasteiger charge is 2.34. The van der Waals surface area contributed by atoms with Crippen LogP contribution in [0, 0.1) is 18.8 Å². The lowest BCUT2D eigenvalue weighted by molar-refractivity contribution is -0.138. The summed E-state index contributed by atoms with van der Waals surface area (Å²) in [7, 11) is 0. The average Bonchev–Trinajstić information content (AvgIpc) is 3.15. The fourth-order valence-corrected chi connectivity index (χ4v) is 5.39. The molecule has 154 valence electrons. The fourth-order valence-electron chi connectivity index (χ4n) is 4.36. The summed E-state index contributed by atoms with van der Waals surface area (Å²) in [6.07, 6.45) is 7.52. The number of aromatic nitrogens is 2. The molecule has 2 amide bonds. The van der Waals surface area contributed by atoms with Crippen molar-refractivity contribution in [3.8, 4) is 10.6 Å². The summed E-state index contributed by atoms with van der Waals surface area (Å²) in [5, 5.41) is 0.811. The van der Waals surface area contributed by atoms with Gasteiger partial charge in [0.15, 0.2) is 0 Å². The number of nitrogens with zero attached hydrogens (tertiary/aromatic N) is 4. The van der Waals surface area contributed by atoms with E-state index < -0.39 is 0 Å². The van der Waals surface area contributed by atoms with E-state index in [4.69, 9.17) is 0 Å². The first kappa shape index (κ1) is 20.0. The molecule has 0 bridgehead atoms. The molecular weight excluding hydrogens is 384 g/mol. The van der Waals surface area contributed by atoms with Gasteiger partial charge in [-0.05, 0) is 50.7 Å². The molecule has 2 aromatic heterocycles. The third-order valence-corrected chi connectivity index (χ3v) is 7.12. The minimum absolute atomic E-state index is 0.000322. The van der Waals surface area contributed by atoms with Gasteiger partial charge in [-0.15, -0.1) is 11.3 Å². The van der Waals surface area contributed by atoms with Gasteiger partial charge in [-0.1, -0.05) is 6.92 Å². The quantitative estimate of drug-likeness (QED) is 0.772. The highest BCUT2D eigenvalue weighted by molar-refractivity contribution is 7.17. The Morgan fingerprint density at radius 1 is 1.14 bits per heavy atom. The Morgan fingerprint density at radius 2 is 1.93 bits per heavy atom. The number of rotatable bonds is 3. The van der Waals surface area contributed by atoms with Crippen LogP contribution in [-0.4, -0.2) is 57.8 Å². The molecule has 0 saturated carbocycles. The number of hydrogen-bond donors (Lipinski definition) is 0. The van der Waals surface area contributed by atoms with Crippen LogP contribution in [0.3, 0.4) is 0 Å². The average molecular weight is 413 g/mol. The van der Waals surface area contributed by atoms with Crippen molar-refractivity contribution in [1.29, 1.82) is 0 Å². The maximum Gasteiger partial charge on any atom is 0.265 e. The molecule has 2 aliphatic heterocycles. The van der Waals surface area contributed by atoms with Crippen molar-refractivity contribution in [3.05, 3.63) is 35.1 Å². The van der Waals surface area contributed by atoms with Gasteiger partial charge in [-0.25, -0.2) is 4.98 Å². The summed E-state index contributed by atoms with van der Waals surface area (Å²) >= 11 is 1.41. The van der Waals surface area contributed by atoms with Crippen molar-refractivity contribution in [2.24, 2.45) is 11.8 Å². The van der Waals surface area contributed by atoms with E-state index in [2.05, 4.69) is 16.9 Å². The van der Waals surface area contributed by atoms with Gasteiger partial charge in [-0.2, -0.15) is 0 Å². The van der Waals surface area contributed by atoms with Crippen molar-refractivity contribution in [1.82, 2.24) is 19.8 Å². The number of piperidine rings is 2. The van der Waals surface area contributed by atoms with Gasteiger partial charge in [0.05, 0.1) is 11.6 Å². The van der Waals surface area contributed by atoms with E-state index in [9.17, 15) is 9.59 Å². The van der Waals surface area contributed by atoms with Gasteiger partial charge in [0.2, 0.25) is 5.91 Å². The SMILES string of the molecule is Cc1nc(-c2cccnc2)sc1C(=O)N1CCCC(C(=O)N2CCCC(C)C2)C1. The Balaban J connectivity index is 1.46. The molecule has 0 aliphatic carbocycles. The molecule has 2 atom stereocenters. The first-order chi connectivity index (χ1) is 14.0. The maximum absolute atomic E-state index is 13.2. The predicted molar refractivity (Wildman–Crippen MR) is 114 cm³/mol. The number of aryl methyl sites for hydroxylation is 1. The molecule has 2 fully saturated rings. The molecule has 0 spiro atoms. The summed E-state index contributed by atoms with van der Waals surface area (Å²) in [5.41, 5.74) is 1.67. The van der Waals surface area contributed by atoms with Crippen LogP contribution >= 0.6 is 11.3 Å². The predicted octanol–water partition coefficient (Wildman–Crippen LogP) is 3.62. The largest absolute Gasteiger partial charge is 0.342 e. The molecule has 4 rings (SSSR count). The van der Waals surface area contributed by atoms with Gasteiger partial charge in [0.25, 0.3) is 5.91 Å². The molecule has 7 heteroatoms. The lowest BCUT2D eigenvalue weighted by Crippen LogP contribution is -2.48. The topological polar surface area (TPSA) is 66.4 Å². The van der Waals surface area contributed by atoms with Crippen molar-refractivity contribution in [3.63, 3.8) is 0 Å². The molecule has 2 unspecified atom stereocenters. The van der Waals surface area contributed by atoms with E-state index in [1.54, 1.807) is 12.4 Å². The Kier molecular flexibility index (Phi) is 5.94. The number of hydrogen-bond acceptors (Lipinski definition) is 5. The zero-order valence-corrected chi connectivity index (χ0v) is 18.0. The van der Waals surface area contributed by atoms with Crippen LogP contribution in [-0.2, 0) is 4.79 Å². The van der Waals surface area contributed by atoms with E-state index in [1.807, 2.05) is 28.9 Å². The second kappa shape index (κ2) is 8.61. The van der Waals surface area contributed by atoms with Crippen molar-refractivity contribution in [2.45, 2.75) is 39.5 Å². The summed E-state index contributed by atoms with van der Waals surface area (Å²) in [6, 6.07) is 3.82. The van der Waals surface area contributed by atoms with Gasteiger partial charge >= 0.3 is 0 Å². The molecule has 2 aromatic rings. The third-order valence-electron chi connectivity index (χ3n) is 5.93. The van der Waals surface area contributed by atoms with Crippen LogP contribution in [0.4, 0.5) is 0 Å². The van der Waals surface area contributed by atoms with Crippen LogP contribution in [0.25, 0.3) is 10.6 Å². The first-order valence-electron chi connectivity index (χ1n) is 10.5. The molecule has 0 N–H and O–H groups in total. The number of thiazole rings is 1. The minimum atomic E-state index is -0.0796. The fraction of sp³-hybridized carbons (Fsp3) is 0.545. The molecule has 6 nitrogen and oxygen atoms in total. The van der Waals surface area contributed by atoms with Crippen molar-refractivity contribution < 1.29 is 9.59 Å². The summed E-state index contributed by atoms with van der Waals surface area (Å²) < 4.78 is 0. The van der Waals surface area contributed by atoms with Crippen molar-refractivity contribution >= 4 is 23.2 Å². The highest BCUT2D eigenvalue weighted by atomic mass is 32.1. The van der Waals surface area contributed by atoms with E-state index in [0.717, 1.165) is 48.6 Å². The Labute approximate surface area is 176 Å². The number of carbonyl (C=O) groups excluding carboxylic acids is 2. The number of amides is 2. The molecule has 2 aliphatic rings. The molecule has 29 heavy (non-hydrogen) atoms. The lowest BCUT2D eigenvalue weighted by atomic mass is 9.93. The first-order valence-corrected chi connectivity index (χ1v) is 11.3. The zero-order valence-electron chi connectivity index (χ0n) is 17.1. The molecular formula is C22H28N4O2S. The third kappa shape index (κ3) is 4.34. The van der Waals surface area contributed by atoms with Crippen LogP contribution in [0.2, 0.25) is 0 Å². The Bertz CT molecular complexity index is 882. The van der Waals surface area contributed by atoms with Gasteiger partial charge in [0.1, 0.15) is 9.88 Å². The van der Waals surface area contributed by atoms with Crippen molar-refractivity contribution in [2.75, 3.05) is 26.2 Å². The normalized spacial score (nSPS) is 22.6. The molecule has 4 heterocycles. The number of likely N-dealkylation sites (tertiary alicyclic amines) is 2. The van der Waals surface area contributed by atoms with Crippen LogP contribution < -0.4 is 0 Å². The smallest absolute Gasteiger partial charge is 0.265 e. The monoisotopic (exact) mass is 412 g/mol. The number of pyridine rings is 1. The molecule has 0 aromatic carbocycles. The van der Waals surface area contributed by atoms with Crippen LogP contribution in [0.15, 0.2) is 24.5 Å². The highest BCUT2D eigenvalue weighted by Crippen LogP contribution is 2.30. The summed E-state index contributed by atoms with van der Waals surface area (Å²) in [6.45, 7) is 7.02. The second-order valence-corrected chi connectivity index (χ2v) is 9.30. The maximum atomic E-state index is 13.2. The van der Waals surface area contributed by atoms with Crippen LogP contribution in [0.1, 0.15) is 48.0 Å². The Hall–Kier alpha value is -2.28. The van der Waals surface area contributed by atoms with Crippen LogP contribution in [0.5, 0.6) is 0 Å². The zero-order chi connectivity index (χ0) is 20.4. The Morgan fingerprint density at radius 3 is 2.69 bits per heavy atom. The lowest BCUT2D eigenvalue weighted by Gasteiger charge is -2.37. The summed E-state index contributed by atoms with van der Waals surface area (Å²) in [4.78, 5) is 39.5. The van der Waals surface area contributed by atoms with Gasteiger partial charge in [-0.3, -0.25) is 14.6 Å². The van der Waals surface area contributed by atoms with E-state index in [0.29, 0.717) is 23.9 Å². The van der Waals surface area contributed by atoms with Gasteiger partial charge in [0, 0.05) is 44.1 Å². The standard InChI is InChI=1S/C22H28N4O2S/c1-15-6-4-10-25(13-15)21(27)18-8-5-11-26(14-18)22(28)19-16(2)24-20(29-19)17-7-3-9-23-12-17/h3,7,9,12,15,18H,4-6,8,10-11,13-14H2,1-2H3.